The molecule has 0 amide bonds. The predicted octanol–water partition coefficient (Wildman–Crippen LogP) is 4.50. The van der Waals surface area contributed by atoms with Crippen LogP contribution < -0.4 is 0 Å². The summed E-state index contributed by atoms with van der Waals surface area (Å²) in [6.07, 6.45) is 4.39. The van der Waals surface area contributed by atoms with Crippen LogP contribution in [0.4, 0.5) is 0 Å². The fourth-order valence-electron chi connectivity index (χ4n) is 5.10. The van der Waals surface area contributed by atoms with E-state index in [1.165, 1.54) is 0 Å². The Morgan fingerprint density at radius 3 is 2.26 bits per heavy atom. The highest BCUT2D eigenvalue weighted by Gasteiger charge is 2.62. The summed E-state index contributed by atoms with van der Waals surface area (Å²) < 4.78 is 6.39. The molecule has 3 nitrogen and oxygen atoms in total. The molecule has 23 heavy (non-hydrogen) atoms. The maximum atomic E-state index is 11.1. The Morgan fingerprint density at radius 1 is 1.13 bits per heavy atom. The Labute approximate surface area is 142 Å². The first-order valence-corrected chi connectivity index (χ1v) is 9.43. The normalized spacial score (nSPS) is 38.6. The molecule has 2 aliphatic rings. The Kier molecular flexibility index (Phi) is 5.01. The summed E-state index contributed by atoms with van der Waals surface area (Å²) in [4.78, 5) is 0. The van der Waals surface area contributed by atoms with Crippen LogP contribution in [0.5, 0.6) is 0 Å². The van der Waals surface area contributed by atoms with Gasteiger partial charge >= 0.3 is 0 Å². The van der Waals surface area contributed by atoms with Crippen molar-refractivity contribution in [3.8, 4) is 0 Å². The van der Waals surface area contributed by atoms with Crippen molar-refractivity contribution in [2.75, 3.05) is 0 Å². The quantitative estimate of drug-likeness (QED) is 0.731. The number of aliphatic hydroxyl groups is 2. The third-order valence-electron chi connectivity index (χ3n) is 6.81. The summed E-state index contributed by atoms with van der Waals surface area (Å²) in [6, 6.07) is 0. The number of aliphatic hydroxyl groups excluding tert-OH is 1. The first kappa shape index (κ1) is 19.2. The molecule has 3 heteroatoms. The van der Waals surface area contributed by atoms with Gasteiger partial charge in [0.25, 0.3) is 0 Å². The number of fused-ring (bicyclic) bond motifs is 1. The maximum Gasteiger partial charge on any atom is 0.161 e. The lowest BCUT2D eigenvalue weighted by atomic mass is 9.63. The average molecular weight is 327 g/mol. The Bertz CT molecular complexity index is 427. The van der Waals surface area contributed by atoms with Crippen LogP contribution in [0.3, 0.4) is 0 Å². The fraction of sp³-hybridized carbons (Fsp3) is 1.00. The van der Waals surface area contributed by atoms with Gasteiger partial charge < -0.3 is 14.9 Å². The standard InChI is InChI=1S/C20H38O3/c1-14(2)11-18(7,17(4,5)6)16(21)23-20-10-8-9-19(20,22)12-15(3)13-20/h14-16,21-22H,8-13H2,1-7H3. The molecule has 0 saturated heterocycles. The molecule has 2 fully saturated rings. The van der Waals surface area contributed by atoms with Crippen LogP contribution in [0.15, 0.2) is 0 Å². The zero-order chi connectivity index (χ0) is 17.7. The molecule has 0 radical (unpaired) electrons. The highest BCUT2D eigenvalue weighted by Crippen LogP contribution is 2.57. The molecule has 0 spiro atoms. The lowest BCUT2D eigenvalue weighted by Gasteiger charge is -2.49. The highest BCUT2D eigenvalue weighted by molar-refractivity contribution is 5.12. The highest BCUT2D eigenvalue weighted by atomic mass is 16.6. The van der Waals surface area contributed by atoms with Crippen LogP contribution in [-0.4, -0.2) is 27.7 Å². The third-order valence-corrected chi connectivity index (χ3v) is 6.81. The number of hydrogen-bond acceptors (Lipinski definition) is 3. The van der Waals surface area contributed by atoms with E-state index in [-0.39, 0.29) is 10.8 Å². The SMILES string of the molecule is CC(C)CC(C)(C(O)OC12CCCC1(O)CC(C)C2)C(C)(C)C. The molecule has 2 rings (SSSR count). The van der Waals surface area contributed by atoms with Crippen LogP contribution in [0.25, 0.3) is 0 Å². The Balaban J connectivity index is 2.26. The number of hydrogen-bond donors (Lipinski definition) is 2. The van der Waals surface area contributed by atoms with Gasteiger partial charge in [0, 0.05) is 5.41 Å². The van der Waals surface area contributed by atoms with Gasteiger partial charge in [0.15, 0.2) is 6.29 Å². The molecule has 0 aliphatic heterocycles. The van der Waals surface area contributed by atoms with Gasteiger partial charge in [0.1, 0.15) is 5.60 Å². The maximum absolute atomic E-state index is 11.1. The van der Waals surface area contributed by atoms with Crippen molar-refractivity contribution < 1.29 is 14.9 Å². The second kappa shape index (κ2) is 6.00. The molecular weight excluding hydrogens is 288 g/mol. The van der Waals surface area contributed by atoms with Gasteiger partial charge in [-0.05, 0) is 55.8 Å². The van der Waals surface area contributed by atoms with E-state index in [1.54, 1.807) is 0 Å². The minimum absolute atomic E-state index is 0.0751. The first-order chi connectivity index (χ1) is 10.4. The molecule has 5 unspecified atom stereocenters. The van der Waals surface area contributed by atoms with E-state index in [2.05, 4.69) is 48.5 Å². The molecule has 0 bridgehead atoms. The van der Waals surface area contributed by atoms with Gasteiger partial charge in [-0.3, -0.25) is 0 Å². The van der Waals surface area contributed by atoms with Crippen LogP contribution >= 0.6 is 0 Å². The number of ether oxygens (including phenoxy) is 1. The largest absolute Gasteiger partial charge is 0.387 e. The van der Waals surface area contributed by atoms with Crippen molar-refractivity contribution >= 4 is 0 Å². The molecule has 0 aromatic carbocycles. The smallest absolute Gasteiger partial charge is 0.161 e. The van der Waals surface area contributed by atoms with E-state index in [1.807, 2.05) is 0 Å². The van der Waals surface area contributed by atoms with Crippen LogP contribution in [0.2, 0.25) is 0 Å². The van der Waals surface area contributed by atoms with E-state index in [4.69, 9.17) is 4.74 Å². The predicted molar refractivity (Wildman–Crippen MR) is 94.0 cm³/mol. The monoisotopic (exact) mass is 326 g/mol. The summed E-state index contributed by atoms with van der Waals surface area (Å²) >= 11 is 0. The van der Waals surface area contributed by atoms with Crippen molar-refractivity contribution in [2.45, 2.75) is 104 Å². The topological polar surface area (TPSA) is 49.7 Å². The van der Waals surface area contributed by atoms with Crippen LogP contribution in [0.1, 0.15) is 87.0 Å². The van der Waals surface area contributed by atoms with E-state index >= 15 is 0 Å². The first-order valence-electron chi connectivity index (χ1n) is 9.43. The van der Waals surface area contributed by atoms with Crippen molar-refractivity contribution in [3.05, 3.63) is 0 Å². The van der Waals surface area contributed by atoms with Crippen LogP contribution in [-0.2, 0) is 4.74 Å². The van der Waals surface area contributed by atoms with Crippen molar-refractivity contribution in [3.63, 3.8) is 0 Å². The Hall–Kier alpha value is -0.120. The number of rotatable bonds is 5. The zero-order valence-corrected chi connectivity index (χ0v) is 16.3. The van der Waals surface area contributed by atoms with Crippen molar-refractivity contribution in [1.29, 1.82) is 0 Å². The lowest BCUT2D eigenvalue weighted by molar-refractivity contribution is -0.285. The van der Waals surface area contributed by atoms with Gasteiger partial charge in [-0.1, -0.05) is 48.5 Å². The second-order valence-corrected chi connectivity index (χ2v) is 10.1. The summed E-state index contributed by atoms with van der Waals surface area (Å²) in [5.74, 6) is 0.943. The molecule has 2 saturated carbocycles. The average Bonchev–Trinajstić information content (AvgIpc) is 2.74. The molecular formula is C20H38O3. The minimum atomic E-state index is -0.847. The zero-order valence-electron chi connectivity index (χ0n) is 16.3. The molecule has 5 atom stereocenters. The summed E-state index contributed by atoms with van der Waals surface area (Å²) in [5, 5.41) is 22.2. The van der Waals surface area contributed by atoms with Gasteiger partial charge in [0.05, 0.1) is 5.60 Å². The van der Waals surface area contributed by atoms with Crippen molar-refractivity contribution in [2.24, 2.45) is 22.7 Å². The van der Waals surface area contributed by atoms with E-state index in [0.717, 1.165) is 38.5 Å². The molecule has 136 valence electrons. The molecule has 2 aliphatic carbocycles. The summed E-state index contributed by atoms with van der Waals surface area (Å²) in [5.41, 5.74) is -1.71. The van der Waals surface area contributed by atoms with E-state index < -0.39 is 17.5 Å². The lowest BCUT2D eigenvalue weighted by Crippen LogP contribution is -2.54. The molecule has 2 N–H and O–H groups in total. The molecule has 0 aromatic rings. The van der Waals surface area contributed by atoms with E-state index in [0.29, 0.717) is 11.8 Å². The fourth-order valence-corrected chi connectivity index (χ4v) is 5.10. The van der Waals surface area contributed by atoms with Gasteiger partial charge in [-0.2, -0.15) is 0 Å². The van der Waals surface area contributed by atoms with Gasteiger partial charge in [-0.15, -0.1) is 0 Å². The molecule has 0 heterocycles. The molecule has 0 aromatic heterocycles. The summed E-state index contributed by atoms with van der Waals surface area (Å²) in [7, 11) is 0. The van der Waals surface area contributed by atoms with Gasteiger partial charge in [0.2, 0.25) is 0 Å². The van der Waals surface area contributed by atoms with E-state index in [9.17, 15) is 10.2 Å². The van der Waals surface area contributed by atoms with Gasteiger partial charge in [-0.25, -0.2) is 0 Å². The third kappa shape index (κ3) is 3.21. The minimum Gasteiger partial charge on any atom is -0.387 e. The van der Waals surface area contributed by atoms with Crippen molar-refractivity contribution in [1.82, 2.24) is 0 Å². The van der Waals surface area contributed by atoms with Crippen LogP contribution in [0, 0.1) is 22.7 Å². The summed E-state index contributed by atoms with van der Waals surface area (Å²) in [6.45, 7) is 15.2. The second-order valence-electron chi connectivity index (χ2n) is 10.1. The Morgan fingerprint density at radius 2 is 1.74 bits per heavy atom.